The van der Waals surface area contributed by atoms with E-state index in [1.165, 1.54) is 0 Å². The van der Waals surface area contributed by atoms with E-state index in [1.807, 2.05) is 13.0 Å². The molecule has 1 unspecified atom stereocenters. The summed E-state index contributed by atoms with van der Waals surface area (Å²) >= 11 is 0. The number of nitriles is 1. The van der Waals surface area contributed by atoms with Crippen molar-refractivity contribution in [2.45, 2.75) is 26.7 Å². The Kier molecular flexibility index (Phi) is 7.44. The summed E-state index contributed by atoms with van der Waals surface area (Å²) in [6.45, 7) is 5.92. The molecule has 2 heterocycles. The molecular formula is C20H26N4O2. The molecule has 0 radical (unpaired) electrons. The van der Waals surface area contributed by atoms with Crippen molar-refractivity contribution >= 4 is 11.6 Å². The van der Waals surface area contributed by atoms with Crippen LogP contribution in [0.3, 0.4) is 0 Å². The third-order valence-corrected chi connectivity index (χ3v) is 4.69. The number of amides is 1. The molecule has 0 bridgehead atoms. The predicted molar refractivity (Wildman–Crippen MR) is 100 cm³/mol. The normalized spacial score (nSPS) is 15.3. The smallest absolute Gasteiger partial charge is 0.228 e. The second-order valence-corrected chi connectivity index (χ2v) is 6.54. The molecule has 0 aliphatic carbocycles. The number of aryl methyl sites for hydroxylation is 1. The molecule has 6 heteroatoms. The van der Waals surface area contributed by atoms with E-state index in [0.29, 0.717) is 31.9 Å². The Hall–Kier alpha value is -2.57. The Labute approximate surface area is 155 Å². The first-order valence-electron chi connectivity index (χ1n) is 8.89. The van der Waals surface area contributed by atoms with E-state index in [-0.39, 0.29) is 17.7 Å². The van der Waals surface area contributed by atoms with Gasteiger partial charge in [-0.05, 0) is 38.7 Å². The third-order valence-electron chi connectivity index (χ3n) is 4.69. The van der Waals surface area contributed by atoms with Gasteiger partial charge in [0, 0.05) is 38.7 Å². The highest BCUT2D eigenvalue weighted by Crippen LogP contribution is 2.26. The summed E-state index contributed by atoms with van der Waals surface area (Å²) in [4.78, 5) is 18.8. The van der Waals surface area contributed by atoms with Gasteiger partial charge in [-0.1, -0.05) is 5.92 Å². The predicted octanol–water partition coefficient (Wildman–Crippen LogP) is 2.20. The largest absolute Gasteiger partial charge is 0.383 e. The zero-order valence-corrected chi connectivity index (χ0v) is 15.7. The minimum absolute atomic E-state index is 0.0800. The van der Waals surface area contributed by atoms with Gasteiger partial charge in [-0.2, -0.15) is 5.26 Å². The Bertz CT molecular complexity index is 724. The average Bonchev–Trinajstić information content (AvgIpc) is 2.67. The number of carbonyl (C=O) groups excluding carboxylic acids is 1. The molecule has 1 N–H and O–H groups in total. The minimum Gasteiger partial charge on any atom is -0.383 e. The molecular weight excluding hydrogens is 328 g/mol. The number of hydrogen-bond acceptors (Lipinski definition) is 5. The second kappa shape index (κ2) is 9.79. The molecule has 1 aliphatic heterocycles. The van der Waals surface area contributed by atoms with Crippen LogP contribution in [0.15, 0.2) is 12.3 Å². The molecule has 1 amide bonds. The van der Waals surface area contributed by atoms with Gasteiger partial charge >= 0.3 is 0 Å². The van der Waals surface area contributed by atoms with Crippen LogP contribution in [0.5, 0.6) is 0 Å². The number of pyridine rings is 1. The lowest BCUT2D eigenvalue weighted by molar-refractivity contribution is -0.136. The summed E-state index contributed by atoms with van der Waals surface area (Å²) < 4.78 is 5.45. The number of nitrogens with zero attached hydrogens (tertiary/aromatic N) is 3. The van der Waals surface area contributed by atoms with Crippen LogP contribution < -0.4 is 5.32 Å². The Morgan fingerprint density at radius 2 is 2.23 bits per heavy atom. The van der Waals surface area contributed by atoms with Crippen LogP contribution in [0.4, 0.5) is 5.69 Å². The van der Waals surface area contributed by atoms with Gasteiger partial charge in [0.15, 0.2) is 0 Å². The van der Waals surface area contributed by atoms with Gasteiger partial charge in [0.05, 0.1) is 23.7 Å². The molecule has 1 fully saturated rings. The second-order valence-electron chi connectivity index (χ2n) is 6.54. The zero-order chi connectivity index (χ0) is 18.9. The van der Waals surface area contributed by atoms with Crippen LogP contribution >= 0.6 is 0 Å². The fourth-order valence-corrected chi connectivity index (χ4v) is 3.15. The molecule has 1 aromatic heterocycles. The molecule has 1 aromatic rings. The number of hydrogen-bond donors (Lipinski definition) is 1. The average molecular weight is 354 g/mol. The number of anilines is 1. The minimum atomic E-state index is -0.178. The van der Waals surface area contributed by atoms with E-state index in [1.54, 1.807) is 25.1 Å². The summed E-state index contributed by atoms with van der Waals surface area (Å²) in [6.07, 6.45) is 3.30. The van der Waals surface area contributed by atoms with Crippen molar-refractivity contribution in [3.63, 3.8) is 0 Å². The van der Waals surface area contributed by atoms with Crippen LogP contribution in [0.25, 0.3) is 0 Å². The van der Waals surface area contributed by atoms with E-state index in [2.05, 4.69) is 28.2 Å². The van der Waals surface area contributed by atoms with Gasteiger partial charge in [-0.15, -0.1) is 5.92 Å². The van der Waals surface area contributed by atoms with E-state index >= 15 is 0 Å². The van der Waals surface area contributed by atoms with Gasteiger partial charge in [0.25, 0.3) is 0 Å². The molecule has 0 spiro atoms. The number of rotatable bonds is 6. The van der Waals surface area contributed by atoms with E-state index in [9.17, 15) is 10.1 Å². The molecule has 1 atom stereocenters. The number of carbonyl (C=O) groups is 1. The molecule has 2 rings (SSSR count). The standard InChI is InChI=1S/C20H26N4O2/c1-4-5-8-24(3)20(25)18(16-6-9-26-10-7-16)14-23-19-11-15(2)22-13-17(19)12-21/h11,13,16,18H,6-10,14H2,1-3H3,(H,22,23). The van der Waals surface area contributed by atoms with Crippen LogP contribution in [0, 0.1) is 41.9 Å². The SMILES string of the molecule is CC#CCN(C)C(=O)C(CNc1cc(C)ncc1C#N)C1CCOCC1. The molecule has 1 aliphatic rings. The Balaban J connectivity index is 2.15. The number of nitrogens with one attached hydrogen (secondary N) is 1. The summed E-state index contributed by atoms with van der Waals surface area (Å²) in [7, 11) is 1.79. The van der Waals surface area contributed by atoms with Crippen LogP contribution in [0.2, 0.25) is 0 Å². The summed E-state index contributed by atoms with van der Waals surface area (Å²) in [5, 5.41) is 12.6. The molecule has 0 saturated carbocycles. The zero-order valence-electron chi connectivity index (χ0n) is 15.7. The Morgan fingerprint density at radius 3 is 2.88 bits per heavy atom. The first kappa shape index (κ1) is 19.8. The fourth-order valence-electron chi connectivity index (χ4n) is 3.15. The van der Waals surface area contributed by atoms with Crippen molar-refractivity contribution < 1.29 is 9.53 Å². The lowest BCUT2D eigenvalue weighted by Gasteiger charge is -2.32. The highest BCUT2D eigenvalue weighted by atomic mass is 16.5. The maximum absolute atomic E-state index is 13.0. The highest BCUT2D eigenvalue weighted by molar-refractivity contribution is 5.80. The first-order chi connectivity index (χ1) is 12.6. The maximum Gasteiger partial charge on any atom is 0.228 e. The number of ether oxygens (including phenoxy) is 1. The maximum atomic E-state index is 13.0. The van der Waals surface area contributed by atoms with E-state index in [0.717, 1.165) is 24.2 Å². The molecule has 0 aromatic carbocycles. The lowest BCUT2D eigenvalue weighted by Crippen LogP contribution is -2.42. The van der Waals surface area contributed by atoms with Crippen molar-refractivity contribution in [1.29, 1.82) is 5.26 Å². The quantitative estimate of drug-likeness (QED) is 0.793. The van der Waals surface area contributed by atoms with Gasteiger partial charge < -0.3 is 15.0 Å². The topological polar surface area (TPSA) is 78.3 Å². The third kappa shape index (κ3) is 5.21. The van der Waals surface area contributed by atoms with Crippen molar-refractivity contribution in [3.8, 4) is 17.9 Å². The Morgan fingerprint density at radius 1 is 1.50 bits per heavy atom. The fraction of sp³-hybridized carbons (Fsp3) is 0.550. The van der Waals surface area contributed by atoms with E-state index in [4.69, 9.17) is 4.74 Å². The summed E-state index contributed by atoms with van der Waals surface area (Å²) in [5.74, 6) is 5.93. The number of aromatic nitrogens is 1. The van der Waals surface area contributed by atoms with Gasteiger partial charge in [0.1, 0.15) is 6.07 Å². The molecule has 26 heavy (non-hydrogen) atoms. The van der Waals surface area contributed by atoms with Crippen molar-refractivity contribution in [2.75, 3.05) is 38.7 Å². The van der Waals surface area contributed by atoms with E-state index < -0.39 is 0 Å². The molecule has 1 saturated heterocycles. The monoisotopic (exact) mass is 354 g/mol. The van der Waals surface area contributed by atoms with Gasteiger partial charge in [0.2, 0.25) is 5.91 Å². The summed E-state index contributed by atoms with van der Waals surface area (Å²) in [6, 6.07) is 3.99. The lowest BCUT2D eigenvalue weighted by atomic mass is 9.84. The highest BCUT2D eigenvalue weighted by Gasteiger charge is 2.31. The van der Waals surface area contributed by atoms with Crippen molar-refractivity contribution in [1.82, 2.24) is 9.88 Å². The molecule has 138 valence electrons. The van der Waals surface area contributed by atoms with Crippen LogP contribution in [0.1, 0.15) is 31.0 Å². The van der Waals surface area contributed by atoms with Gasteiger partial charge in [-0.25, -0.2) is 0 Å². The van der Waals surface area contributed by atoms with Crippen LogP contribution in [-0.4, -0.2) is 49.1 Å². The van der Waals surface area contributed by atoms with Gasteiger partial charge in [-0.3, -0.25) is 9.78 Å². The summed E-state index contributed by atoms with van der Waals surface area (Å²) in [5.41, 5.74) is 2.04. The van der Waals surface area contributed by atoms with Crippen molar-refractivity contribution in [3.05, 3.63) is 23.5 Å². The van der Waals surface area contributed by atoms with Crippen molar-refractivity contribution in [2.24, 2.45) is 11.8 Å². The first-order valence-corrected chi connectivity index (χ1v) is 8.89. The molecule has 6 nitrogen and oxygen atoms in total. The van der Waals surface area contributed by atoms with Crippen LogP contribution in [-0.2, 0) is 9.53 Å².